The zero-order chi connectivity index (χ0) is 14.4. The molecular weight excluding hydrogens is 262 g/mol. The van der Waals surface area contributed by atoms with Crippen LogP contribution in [-0.2, 0) is 4.79 Å². The third-order valence-electron chi connectivity index (χ3n) is 3.14. The summed E-state index contributed by atoms with van der Waals surface area (Å²) in [6, 6.07) is 7.30. The van der Waals surface area contributed by atoms with Crippen LogP contribution in [0.25, 0.3) is 5.57 Å². The Morgan fingerprint density at radius 3 is 2.74 bits per heavy atom. The van der Waals surface area contributed by atoms with Gasteiger partial charge in [-0.15, -0.1) is 0 Å². The molecule has 0 aliphatic rings. The van der Waals surface area contributed by atoms with E-state index in [2.05, 4.69) is 5.32 Å². The molecule has 0 aromatic heterocycles. The molecule has 1 amide bonds. The van der Waals surface area contributed by atoms with Crippen LogP contribution in [0, 0.1) is 5.92 Å². The number of benzene rings is 1. The number of rotatable bonds is 5. The average Bonchev–Trinajstić information content (AvgIpc) is 2.37. The number of carbonyl (C=O) groups is 1. The van der Waals surface area contributed by atoms with Gasteiger partial charge >= 0.3 is 0 Å². The van der Waals surface area contributed by atoms with Crippen LogP contribution in [0.2, 0.25) is 5.02 Å². The molecule has 2 N–H and O–H groups in total. The van der Waals surface area contributed by atoms with Crippen molar-refractivity contribution < 1.29 is 9.90 Å². The van der Waals surface area contributed by atoms with Crippen LogP contribution in [-0.4, -0.2) is 23.7 Å². The number of hydrogen-bond donors (Lipinski definition) is 2. The summed E-state index contributed by atoms with van der Waals surface area (Å²) in [4.78, 5) is 11.8. The van der Waals surface area contributed by atoms with Crippen molar-refractivity contribution in [1.29, 1.82) is 0 Å². The third-order valence-corrected chi connectivity index (χ3v) is 3.37. The molecule has 0 spiro atoms. The Bertz CT molecular complexity index is 471. The average molecular weight is 282 g/mol. The molecule has 0 aliphatic heterocycles. The number of amides is 1. The Hall–Kier alpha value is -1.32. The van der Waals surface area contributed by atoms with Crippen molar-refractivity contribution in [3.8, 4) is 0 Å². The van der Waals surface area contributed by atoms with E-state index in [4.69, 9.17) is 16.7 Å². The molecule has 2 unspecified atom stereocenters. The quantitative estimate of drug-likeness (QED) is 0.816. The highest BCUT2D eigenvalue weighted by Gasteiger charge is 2.12. The summed E-state index contributed by atoms with van der Waals surface area (Å²) < 4.78 is 0. The molecule has 0 heterocycles. The number of aliphatic hydroxyl groups is 1. The SMILES string of the molecule is C/C(=C/C(=O)NC(C)C(C)CO)c1cccc(Cl)c1. The Labute approximate surface area is 119 Å². The van der Waals surface area contributed by atoms with E-state index >= 15 is 0 Å². The molecule has 0 saturated heterocycles. The standard InChI is InChI=1S/C15H20ClNO2/c1-10(13-5-4-6-14(16)8-13)7-15(19)17-12(3)11(2)9-18/h4-8,11-12,18H,9H2,1-3H3,(H,17,19)/b10-7-. The molecule has 0 saturated carbocycles. The maximum Gasteiger partial charge on any atom is 0.244 e. The van der Waals surface area contributed by atoms with Gasteiger partial charge in [0.15, 0.2) is 0 Å². The molecule has 1 aromatic rings. The predicted octanol–water partition coefficient (Wildman–Crippen LogP) is 2.88. The zero-order valence-electron chi connectivity index (χ0n) is 11.5. The molecule has 0 aliphatic carbocycles. The first-order valence-corrected chi connectivity index (χ1v) is 6.67. The summed E-state index contributed by atoms with van der Waals surface area (Å²) in [5.41, 5.74) is 1.77. The molecule has 104 valence electrons. The minimum atomic E-state index is -0.162. The molecule has 1 aromatic carbocycles. The van der Waals surface area contributed by atoms with E-state index in [0.29, 0.717) is 5.02 Å². The topological polar surface area (TPSA) is 49.3 Å². The van der Waals surface area contributed by atoms with Crippen molar-refractivity contribution in [2.75, 3.05) is 6.61 Å². The summed E-state index contributed by atoms with van der Waals surface area (Å²) in [5, 5.41) is 12.5. The van der Waals surface area contributed by atoms with Crippen LogP contribution in [0.5, 0.6) is 0 Å². The van der Waals surface area contributed by atoms with E-state index in [1.54, 1.807) is 12.1 Å². The molecule has 0 radical (unpaired) electrons. The van der Waals surface area contributed by atoms with Gasteiger partial charge in [-0.25, -0.2) is 0 Å². The van der Waals surface area contributed by atoms with Gasteiger partial charge in [0.2, 0.25) is 5.91 Å². The van der Waals surface area contributed by atoms with Gasteiger partial charge in [0, 0.05) is 23.7 Å². The van der Waals surface area contributed by atoms with Crippen LogP contribution in [0.4, 0.5) is 0 Å². The third kappa shape index (κ3) is 5.05. The fraction of sp³-hybridized carbons (Fsp3) is 0.400. The van der Waals surface area contributed by atoms with E-state index in [9.17, 15) is 4.79 Å². The molecule has 1 rings (SSSR count). The van der Waals surface area contributed by atoms with Crippen molar-refractivity contribution in [3.63, 3.8) is 0 Å². The highest BCUT2D eigenvalue weighted by molar-refractivity contribution is 6.30. The van der Waals surface area contributed by atoms with Gasteiger partial charge in [0.1, 0.15) is 0 Å². The van der Waals surface area contributed by atoms with Crippen LogP contribution < -0.4 is 5.32 Å². The highest BCUT2D eigenvalue weighted by Crippen LogP contribution is 2.18. The predicted molar refractivity (Wildman–Crippen MR) is 79.0 cm³/mol. The summed E-state index contributed by atoms with van der Waals surface area (Å²) in [6.45, 7) is 5.68. The number of carbonyl (C=O) groups excluding carboxylic acids is 1. The van der Waals surface area contributed by atoms with E-state index in [1.807, 2.05) is 39.0 Å². The van der Waals surface area contributed by atoms with Crippen molar-refractivity contribution in [2.45, 2.75) is 26.8 Å². The number of hydrogen-bond acceptors (Lipinski definition) is 2. The van der Waals surface area contributed by atoms with Crippen LogP contribution in [0.1, 0.15) is 26.3 Å². The first-order chi connectivity index (χ1) is 8.93. The number of allylic oxidation sites excluding steroid dienone is 1. The second kappa shape index (κ2) is 7.31. The lowest BCUT2D eigenvalue weighted by Crippen LogP contribution is -2.37. The Balaban J connectivity index is 2.71. The second-order valence-corrected chi connectivity index (χ2v) is 5.23. The van der Waals surface area contributed by atoms with Crippen molar-refractivity contribution >= 4 is 23.1 Å². The van der Waals surface area contributed by atoms with Gasteiger partial charge in [0.25, 0.3) is 0 Å². The lowest BCUT2D eigenvalue weighted by molar-refractivity contribution is -0.117. The summed E-state index contributed by atoms with van der Waals surface area (Å²) in [6.07, 6.45) is 1.55. The van der Waals surface area contributed by atoms with Crippen LogP contribution >= 0.6 is 11.6 Å². The smallest absolute Gasteiger partial charge is 0.244 e. The maximum absolute atomic E-state index is 11.8. The zero-order valence-corrected chi connectivity index (χ0v) is 12.2. The minimum absolute atomic E-state index is 0.0313. The largest absolute Gasteiger partial charge is 0.396 e. The molecule has 19 heavy (non-hydrogen) atoms. The van der Waals surface area contributed by atoms with Crippen LogP contribution in [0.3, 0.4) is 0 Å². The molecule has 3 nitrogen and oxygen atoms in total. The monoisotopic (exact) mass is 281 g/mol. The molecule has 0 bridgehead atoms. The number of halogens is 1. The first kappa shape index (κ1) is 15.7. The first-order valence-electron chi connectivity index (χ1n) is 6.29. The van der Waals surface area contributed by atoms with Crippen LogP contribution in [0.15, 0.2) is 30.3 Å². The van der Waals surface area contributed by atoms with E-state index in [0.717, 1.165) is 11.1 Å². The Kier molecular flexibility index (Phi) is 6.06. The number of aliphatic hydroxyl groups excluding tert-OH is 1. The van der Waals surface area contributed by atoms with E-state index in [1.165, 1.54) is 0 Å². The minimum Gasteiger partial charge on any atom is -0.396 e. The van der Waals surface area contributed by atoms with Gasteiger partial charge in [0.05, 0.1) is 0 Å². The van der Waals surface area contributed by atoms with Crippen molar-refractivity contribution in [1.82, 2.24) is 5.32 Å². The van der Waals surface area contributed by atoms with Gasteiger partial charge in [-0.3, -0.25) is 4.79 Å². The van der Waals surface area contributed by atoms with Crippen molar-refractivity contribution in [2.24, 2.45) is 5.92 Å². The number of nitrogens with one attached hydrogen (secondary N) is 1. The lowest BCUT2D eigenvalue weighted by Gasteiger charge is -2.18. The van der Waals surface area contributed by atoms with E-state index < -0.39 is 0 Å². The summed E-state index contributed by atoms with van der Waals surface area (Å²) in [5.74, 6) is -0.130. The van der Waals surface area contributed by atoms with Crippen molar-refractivity contribution in [3.05, 3.63) is 40.9 Å². The molecule has 0 fully saturated rings. The molecule has 4 heteroatoms. The fourth-order valence-electron chi connectivity index (χ4n) is 1.58. The molecular formula is C15H20ClNO2. The van der Waals surface area contributed by atoms with Gasteiger partial charge in [-0.1, -0.05) is 30.7 Å². The normalized spacial score (nSPS) is 14.9. The summed E-state index contributed by atoms with van der Waals surface area (Å²) in [7, 11) is 0. The highest BCUT2D eigenvalue weighted by atomic mass is 35.5. The Morgan fingerprint density at radius 2 is 2.16 bits per heavy atom. The lowest BCUT2D eigenvalue weighted by atomic mass is 10.0. The second-order valence-electron chi connectivity index (χ2n) is 4.79. The van der Waals surface area contributed by atoms with Gasteiger partial charge < -0.3 is 10.4 Å². The molecule has 2 atom stereocenters. The van der Waals surface area contributed by atoms with E-state index in [-0.39, 0.29) is 24.5 Å². The maximum atomic E-state index is 11.8. The van der Waals surface area contributed by atoms with Gasteiger partial charge in [-0.2, -0.15) is 0 Å². The fourth-order valence-corrected chi connectivity index (χ4v) is 1.77. The summed E-state index contributed by atoms with van der Waals surface area (Å²) >= 11 is 5.91. The Morgan fingerprint density at radius 1 is 1.47 bits per heavy atom. The van der Waals surface area contributed by atoms with Gasteiger partial charge in [-0.05, 0) is 43.0 Å².